The topological polar surface area (TPSA) is 92.6 Å². The number of Topliss-reactive ketones (excluding diaryl/α,β-unsaturated/α-hetero) is 1. The van der Waals surface area contributed by atoms with Crippen molar-refractivity contribution in [3.8, 4) is 0 Å². The summed E-state index contributed by atoms with van der Waals surface area (Å²) in [6, 6.07) is 13.4. The van der Waals surface area contributed by atoms with Crippen molar-refractivity contribution < 1.29 is 18.9 Å². The van der Waals surface area contributed by atoms with E-state index in [4.69, 9.17) is 0 Å². The Hall–Kier alpha value is -3.55. The van der Waals surface area contributed by atoms with Gasteiger partial charge in [-0.05, 0) is 49.0 Å². The Morgan fingerprint density at radius 2 is 1.81 bits per heavy atom. The number of carbonyl (C=O) groups is 2. The molecule has 8 heteroatoms. The van der Waals surface area contributed by atoms with E-state index in [0.717, 1.165) is 17.3 Å². The number of nitrogens with one attached hydrogen (secondary N) is 1. The van der Waals surface area contributed by atoms with Gasteiger partial charge in [-0.15, -0.1) is 0 Å². The van der Waals surface area contributed by atoms with Gasteiger partial charge >= 0.3 is 5.69 Å². The second-order valence-electron chi connectivity index (χ2n) is 8.30. The highest BCUT2D eigenvalue weighted by atomic mass is 19.1. The second kappa shape index (κ2) is 8.90. The Morgan fingerprint density at radius 3 is 2.47 bits per heavy atom. The minimum Gasteiger partial charge on any atom is -0.381 e. The molecule has 1 N–H and O–H groups in total. The number of nitro groups is 1. The van der Waals surface area contributed by atoms with Crippen LogP contribution in [0.3, 0.4) is 0 Å². The third kappa shape index (κ3) is 4.26. The lowest BCUT2D eigenvalue weighted by Crippen LogP contribution is -2.45. The van der Waals surface area contributed by atoms with Crippen molar-refractivity contribution in [3.63, 3.8) is 0 Å². The van der Waals surface area contributed by atoms with Gasteiger partial charge in [0.1, 0.15) is 0 Å². The van der Waals surface area contributed by atoms with Gasteiger partial charge in [0.05, 0.1) is 10.8 Å². The van der Waals surface area contributed by atoms with E-state index in [0.29, 0.717) is 31.5 Å². The van der Waals surface area contributed by atoms with Crippen molar-refractivity contribution in [1.29, 1.82) is 0 Å². The monoisotopic (exact) mass is 437 g/mol. The van der Waals surface area contributed by atoms with Crippen LogP contribution in [0.5, 0.6) is 0 Å². The van der Waals surface area contributed by atoms with E-state index in [2.05, 4.69) is 5.32 Å². The number of halogens is 1. The quantitative estimate of drug-likeness (QED) is 0.438. The van der Waals surface area contributed by atoms with Crippen molar-refractivity contribution in [2.24, 2.45) is 5.92 Å². The number of rotatable bonds is 5. The fraction of sp³-hybridized carbons (Fsp3) is 0.333. The van der Waals surface area contributed by atoms with Crippen LogP contribution in [0.1, 0.15) is 36.8 Å². The molecule has 32 heavy (non-hydrogen) atoms. The van der Waals surface area contributed by atoms with Crippen molar-refractivity contribution in [2.75, 3.05) is 13.1 Å². The molecule has 2 aromatic carbocycles. The summed E-state index contributed by atoms with van der Waals surface area (Å²) in [4.78, 5) is 37.7. The molecule has 2 aliphatic heterocycles. The molecule has 1 saturated heterocycles. The van der Waals surface area contributed by atoms with E-state index >= 15 is 0 Å². The highest BCUT2D eigenvalue weighted by Crippen LogP contribution is 2.32. The van der Waals surface area contributed by atoms with Crippen LogP contribution < -0.4 is 5.32 Å². The molecule has 2 unspecified atom stereocenters. The minimum atomic E-state index is -0.862. The summed E-state index contributed by atoms with van der Waals surface area (Å²) in [5, 5.41) is 14.3. The Kier molecular flexibility index (Phi) is 6.03. The number of piperidine rings is 1. The summed E-state index contributed by atoms with van der Waals surface area (Å²) in [6.07, 6.45) is 2.95. The number of ketones is 1. The predicted octanol–water partition coefficient (Wildman–Crippen LogP) is 3.66. The van der Waals surface area contributed by atoms with Gasteiger partial charge < -0.3 is 10.2 Å². The normalized spacial score (nSPS) is 21.1. The third-order valence-electron chi connectivity index (χ3n) is 6.29. The predicted molar refractivity (Wildman–Crippen MR) is 117 cm³/mol. The average molecular weight is 437 g/mol. The number of carbonyl (C=O) groups excluding carboxylic acids is 2. The number of likely N-dealkylation sites (tertiary alicyclic amines) is 1. The molecule has 2 aromatic rings. The molecule has 4 rings (SSSR count). The Balaban J connectivity index is 1.40. The zero-order valence-corrected chi connectivity index (χ0v) is 17.7. The summed E-state index contributed by atoms with van der Waals surface area (Å²) in [6.45, 7) is 2.64. The zero-order valence-electron chi connectivity index (χ0n) is 17.7. The second-order valence-corrected chi connectivity index (χ2v) is 8.30. The van der Waals surface area contributed by atoms with Crippen molar-refractivity contribution in [3.05, 3.63) is 81.7 Å². The van der Waals surface area contributed by atoms with E-state index < -0.39 is 34.0 Å². The first-order valence-corrected chi connectivity index (χ1v) is 10.7. The van der Waals surface area contributed by atoms with Gasteiger partial charge in [0.25, 0.3) is 5.91 Å². The molecular weight excluding hydrogens is 413 g/mol. The SMILES string of the molecule is CC1NC(c2ccccc2)=CC1C(=O)C(=O)N1CCC(c2ccc(F)c([N+](=O)[O-])c2)CC1. The molecule has 0 aromatic heterocycles. The Labute approximate surface area is 185 Å². The molecule has 2 aliphatic rings. The number of amides is 1. The molecule has 0 aliphatic carbocycles. The minimum absolute atomic E-state index is 0.0231. The molecule has 1 fully saturated rings. The van der Waals surface area contributed by atoms with Crippen molar-refractivity contribution in [1.82, 2.24) is 10.2 Å². The van der Waals surface area contributed by atoms with Crippen LogP contribution in [0.4, 0.5) is 10.1 Å². The number of hydrogen-bond donors (Lipinski definition) is 1. The van der Waals surface area contributed by atoms with Crippen LogP contribution in [0.15, 0.2) is 54.6 Å². The molecule has 2 atom stereocenters. The highest BCUT2D eigenvalue weighted by molar-refractivity contribution is 6.37. The van der Waals surface area contributed by atoms with Crippen LogP contribution in [0.25, 0.3) is 5.70 Å². The van der Waals surface area contributed by atoms with Crippen LogP contribution in [-0.2, 0) is 9.59 Å². The fourth-order valence-corrected chi connectivity index (χ4v) is 4.44. The van der Waals surface area contributed by atoms with Crippen LogP contribution in [0, 0.1) is 21.8 Å². The Morgan fingerprint density at radius 1 is 1.12 bits per heavy atom. The smallest absolute Gasteiger partial charge is 0.305 e. The standard InChI is InChI=1S/C24H24FN3O4/c1-15-19(14-21(26-15)17-5-3-2-4-6-17)23(29)24(30)27-11-9-16(10-12-27)18-7-8-20(25)22(13-18)28(31)32/h2-8,13-16,19,26H,9-12H2,1H3. The van der Waals surface area contributed by atoms with E-state index in [1.807, 2.05) is 43.3 Å². The molecule has 0 bridgehead atoms. The maximum Gasteiger partial charge on any atom is 0.305 e. The molecule has 0 radical (unpaired) electrons. The lowest BCUT2D eigenvalue weighted by Gasteiger charge is -2.32. The van der Waals surface area contributed by atoms with Crippen molar-refractivity contribution in [2.45, 2.75) is 31.7 Å². The first kappa shape index (κ1) is 21.7. The number of nitrogens with zero attached hydrogens (tertiary/aromatic N) is 2. The number of nitro benzene ring substituents is 1. The number of hydrogen-bond acceptors (Lipinski definition) is 5. The zero-order chi connectivity index (χ0) is 22.8. The van der Waals surface area contributed by atoms with Gasteiger partial charge in [0.2, 0.25) is 11.6 Å². The summed E-state index contributed by atoms with van der Waals surface area (Å²) >= 11 is 0. The lowest BCUT2D eigenvalue weighted by molar-refractivity contribution is -0.387. The Bertz CT molecular complexity index is 1080. The summed E-state index contributed by atoms with van der Waals surface area (Å²) in [5.74, 6) is -2.36. The van der Waals surface area contributed by atoms with Crippen LogP contribution in [-0.4, -0.2) is 40.6 Å². The van der Waals surface area contributed by atoms with E-state index in [9.17, 15) is 24.1 Å². The molecule has 2 heterocycles. The average Bonchev–Trinajstić information content (AvgIpc) is 3.20. The first-order valence-electron chi connectivity index (χ1n) is 10.7. The molecule has 166 valence electrons. The molecule has 1 amide bonds. The van der Waals surface area contributed by atoms with Gasteiger partial charge in [0.15, 0.2) is 0 Å². The van der Waals surface area contributed by atoms with Gasteiger partial charge in [-0.2, -0.15) is 4.39 Å². The summed E-state index contributed by atoms with van der Waals surface area (Å²) < 4.78 is 13.6. The first-order chi connectivity index (χ1) is 15.3. The fourth-order valence-electron chi connectivity index (χ4n) is 4.44. The van der Waals surface area contributed by atoms with Crippen LogP contribution >= 0.6 is 0 Å². The van der Waals surface area contributed by atoms with Crippen molar-refractivity contribution >= 4 is 23.1 Å². The summed E-state index contributed by atoms with van der Waals surface area (Å²) in [5.41, 5.74) is 1.96. The highest BCUT2D eigenvalue weighted by Gasteiger charge is 2.37. The molecule has 7 nitrogen and oxygen atoms in total. The van der Waals surface area contributed by atoms with Gasteiger partial charge in [-0.1, -0.05) is 36.4 Å². The molecule has 0 spiro atoms. The van der Waals surface area contributed by atoms with E-state index in [-0.39, 0.29) is 12.0 Å². The van der Waals surface area contributed by atoms with Gasteiger partial charge in [-0.25, -0.2) is 0 Å². The summed E-state index contributed by atoms with van der Waals surface area (Å²) in [7, 11) is 0. The molecular formula is C24H24FN3O4. The lowest BCUT2D eigenvalue weighted by atomic mass is 9.88. The largest absolute Gasteiger partial charge is 0.381 e. The molecule has 0 saturated carbocycles. The number of benzene rings is 2. The maximum absolute atomic E-state index is 13.6. The third-order valence-corrected chi connectivity index (χ3v) is 6.29. The van der Waals surface area contributed by atoms with E-state index in [1.54, 1.807) is 11.0 Å². The van der Waals surface area contributed by atoms with Gasteiger partial charge in [0, 0.05) is 30.9 Å². The van der Waals surface area contributed by atoms with Crippen LogP contribution in [0.2, 0.25) is 0 Å². The van der Waals surface area contributed by atoms with Gasteiger partial charge in [-0.3, -0.25) is 19.7 Å². The maximum atomic E-state index is 13.6. The van der Waals surface area contributed by atoms with E-state index in [1.165, 1.54) is 6.07 Å².